The zero-order valence-corrected chi connectivity index (χ0v) is 13.8. The molecule has 0 bridgehead atoms. The number of pyridine rings is 1. The zero-order valence-electron chi connectivity index (χ0n) is 13.8. The second-order valence-electron chi connectivity index (χ2n) is 5.10. The van der Waals surface area contributed by atoms with Crippen molar-refractivity contribution in [2.24, 2.45) is 0 Å². The number of para-hydroxylation sites is 1. The average Bonchev–Trinajstić information content (AvgIpc) is 2.65. The first kappa shape index (κ1) is 18.2. The van der Waals surface area contributed by atoms with Gasteiger partial charge in [-0.25, -0.2) is 4.79 Å². The zero-order chi connectivity index (χ0) is 17.9. The van der Waals surface area contributed by atoms with Gasteiger partial charge in [-0.1, -0.05) is 24.3 Å². The molecule has 1 amide bonds. The molecule has 0 saturated heterocycles. The molecule has 1 N–H and O–H groups in total. The third kappa shape index (κ3) is 6.10. The Hall–Kier alpha value is -3.15. The standard InChI is InChI=1S/C19H20N2O4/c1-2-5-15-6-3-4-7-17(15)25-14-18(22)24-13-12-21-19(23)16-8-10-20-11-9-16/h2-4,6-11H,1,5,12-14H2,(H,21,23). The van der Waals surface area contributed by atoms with Crippen molar-refractivity contribution >= 4 is 11.9 Å². The third-order valence-corrected chi connectivity index (χ3v) is 3.28. The summed E-state index contributed by atoms with van der Waals surface area (Å²) in [6.45, 7) is 3.80. The Balaban J connectivity index is 1.68. The minimum Gasteiger partial charge on any atom is -0.482 e. The quantitative estimate of drug-likeness (QED) is 0.430. The summed E-state index contributed by atoms with van der Waals surface area (Å²) in [5, 5.41) is 2.66. The van der Waals surface area contributed by atoms with Crippen LogP contribution < -0.4 is 10.1 Å². The topological polar surface area (TPSA) is 77.5 Å². The minimum atomic E-state index is -0.494. The van der Waals surface area contributed by atoms with Crippen molar-refractivity contribution in [1.82, 2.24) is 10.3 Å². The van der Waals surface area contributed by atoms with Crippen molar-refractivity contribution in [3.63, 3.8) is 0 Å². The number of hydrogen-bond acceptors (Lipinski definition) is 5. The Labute approximate surface area is 146 Å². The molecular formula is C19H20N2O4. The molecule has 130 valence electrons. The second kappa shape index (κ2) is 9.87. The van der Waals surface area contributed by atoms with E-state index in [1.807, 2.05) is 18.2 Å². The van der Waals surface area contributed by atoms with E-state index in [1.165, 1.54) is 12.4 Å². The number of carbonyl (C=O) groups excluding carboxylic acids is 2. The molecule has 25 heavy (non-hydrogen) atoms. The van der Waals surface area contributed by atoms with E-state index in [4.69, 9.17) is 9.47 Å². The predicted molar refractivity (Wildman–Crippen MR) is 93.4 cm³/mol. The van der Waals surface area contributed by atoms with Crippen LogP contribution in [0.5, 0.6) is 5.75 Å². The fraction of sp³-hybridized carbons (Fsp3) is 0.211. The van der Waals surface area contributed by atoms with Gasteiger partial charge in [0, 0.05) is 18.0 Å². The molecule has 6 nitrogen and oxygen atoms in total. The fourth-order valence-electron chi connectivity index (χ4n) is 2.08. The largest absolute Gasteiger partial charge is 0.482 e. The minimum absolute atomic E-state index is 0.0767. The fourth-order valence-corrected chi connectivity index (χ4v) is 2.08. The van der Waals surface area contributed by atoms with Gasteiger partial charge in [0.2, 0.25) is 0 Å². The number of esters is 1. The van der Waals surface area contributed by atoms with Gasteiger partial charge >= 0.3 is 5.97 Å². The molecule has 0 atom stereocenters. The number of allylic oxidation sites excluding steroid dienone is 1. The maximum atomic E-state index is 11.8. The number of aromatic nitrogens is 1. The van der Waals surface area contributed by atoms with Gasteiger partial charge in [-0.05, 0) is 30.2 Å². The van der Waals surface area contributed by atoms with Crippen molar-refractivity contribution in [2.75, 3.05) is 19.8 Å². The second-order valence-corrected chi connectivity index (χ2v) is 5.10. The summed E-state index contributed by atoms with van der Waals surface area (Å²) in [5.74, 6) is -0.107. The molecule has 0 saturated carbocycles. The van der Waals surface area contributed by atoms with E-state index in [0.717, 1.165) is 5.56 Å². The van der Waals surface area contributed by atoms with Crippen LogP contribution in [0.4, 0.5) is 0 Å². The Bertz CT molecular complexity index is 716. The highest BCUT2D eigenvalue weighted by Gasteiger charge is 2.08. The van der Waals surface area contributed by atoms with Gasteiger partial charge in [0.05, 0.1) is 6.54 Å². The van der Waals surface area contributed by atoms with Gasteiger partial charge in [-0.3, -0.25) is 9.78 Å². The van der Waals surface area contributed by atoms with Crippen molar-refractivity contribution in [1.29, 1.82) is 0 Å². The van der Waals surface area contributed by atoms with E-state index in [1.54, 1.807) is 24.3 Å². The van der Waals surface area contributed by atoms with Gasteiger partial charge in [-0.2, -0.15) is 0 Å². The number of benzene rings is 1. The number of amides is 1. The van der Waals surface area contributed by atoms with Crippen LogP contribution in [0.1, 0.15) is 15.9 Å². The lowest BCUT2D eigenvalue weighted by molar-refractivity contribution is -0.145. The summed E-state index contributed by atoms with van der Waals surface area (Å²) in [7, 11) is 0. The van der Waals surface area contributed by atoms with Crippen LogP contribution in [0.2, 0.25) is 0 Å². The molecule has 0 aliphatic carbocycles. The first-order valence-electron chi connectivity index (χ1n) is 7.86. The number of carbonyl (C=O) groups is 2. The van der Waals surface area contributed by atoms with E-state index in [-0.39, 0.29) is 25.7 Å². The van der Waals surface area contributed by atoms with Crippen molar-refractivity contribution < 1.29 is 19.1 Å². The number of hydrogen-bond donors (Lipinski definition) is 1. The highest BCUT2D eigenvalue weighted by molar-refractivity contribution is 5.93. The van der Waals surface area contributed by atoms with Gasteiger partial charge in [-0.15, -0.1) is 6.58 Å². The van der Waals surface area contributed by atoms with Gasteiger partial charge in [0.1, 0.15) is 12.4 Å². The van der Waals surface area contributed by atoms with E-state index < -0.39 is 5.97 Å². The summed E-state index contributed by atoms with van der Waals surface area (Å²) >= 11 is 0. The van der Waals surface area contributed by atoms with Crippen LogP contribution in [-0.2, 0) is 16.0 Å². The molecule has 0 aliphatic heterocycles. The molecule has 0 spiro atoms. The number of rotatable bonds is 9. The summed E-state index contributed by atoms with van der Waals surface area (Å²) in [4.78, 5) is 27.3. The molecule has 6 heteroatoms. The average molecular weight is 340 g/mol. The van der Waals surface area contributed by atoms with Crippen LogP contribution >= 0.6 is 0 Å². The molecule has 1 aromatic carbocycles. The Morgan fingerprint density at radius 3 is 2.68 bits per heavy atom. The highest BCUT2D eigenvalue weighted by Crippen LogP contribution is 2.18. The molecule has 0 aliphatic rings. The Morgan fingerprint density at radius 1 is 1.16 bits per heavy atom. The number of nitrogens with zero attached hydrogens (tertiary/aromatic N) is 1. The van der Waals surface area contributed by atoms with Crippen molar-refractivity contribution in [2.45, 2.75) is 6.42 Å². The maximum absolute atomic E-state index is 11.8. The first-order chi connectivity index (χ1) is 12.2. The van der Waals surface area contributed by atoms with Crippen LogP contribution in [0, 0.1) is 0 Å². The third-order valence-electron chi connectivity index (χ3n) is 3.28. The van der Waals surface area contributed by atoms with E-state index in [0.29, 0.717) is 17.7 Å². The Morgan fingerprint density at radius 2 is 1.92 bits per heavy atom. The van der Waals surface area contributed by atoms with Gasteiger partial charge < -0.3 is 14.8 Å². The normalized spacial score (nSPS) is 9.92. The molecule has 0 radical (unpaired) electrons. The molecule has 2 rings (SSSR count). The number of ether oxygens (including phenoxy) is 2. The number of nitrogens with one attached hydrogen (secondary N) is 1. The van der Waals surface area contributed by atoms with Gasteiger partial charge in [0.15, 0.2) is 6.61 Å². The van der Waals surface area contributed by atoms with E-state index in [9.17, 15) is 9.59 Å². The highest BCUT2D eigenvalue weighted by atomic mass is 16.6. The van der Waals surface area contributed by atoms with Gasteiger partial charge in [0.25, 0.3) is 5.91 Å². The SMILES string of the molecule is C=CCc1ccccc1OCC(=O)OCCNC(=O)c1ccncc1. The summed E-state index contributed by atoms with van der Waals surface area (Å²) in [6, 6.07) is 10.7. The van der Waals surface area contributed by atoms with Crippen molar-refractivity contribution in [3.8, 4) is 5.75 Å². The smallest absolute Gasteiger partial charge is 0.344 e. The lowest BCUT2D eigenvalue weighted by atomic mass is 10.1. The summed E-state index contributed by atoms with van der Waals surface area (Å²) in [6.07, 6.45) is 5.51. The monoisotopic (exact) mass is 340 g/mol. The van der Waals surface area contributed by atoms with Crippen molar-refractivity contribution in [3.05, 3.63) is 72.6 Å². The first-order valence-corrected chi connectivity index (χ1v) is 7.86. The molecular weight excluding hydrogens is 320 g/mol. The molecule has 2 aromatic rings. The molecule has 1 heterocycles. The predicted octanol–water partition coefficient (Wildman–Crippen LogP) is 2.16. The molecule has 1 aromatic heterocycles. The summed E-state index contributed by atoms with van der Waals surface area (Å²) in [5.41, 5.74) is 1.46. The van der Waals surface area contributed by atoms with Crippen LogP contribution in [-0.4, -0.2) is 36.6 Å². The van der Waals surface area contributed by atoms with E-state index in [2.05, 4.69) is 16.9 Å². The van der Waals surface area contributed by atoms with Crippen LogP contribution in [0.3, 0.4) is 0 Å². The Kier molecular flexibility index (Phi) is 7.18. The molecule has 0 fully saturated rings. The maximum Gasteiger partial charge on any atom is 0.344 e. The van der Waals surface area contributed by atoms with Crippen LogP contribution in [0.25, 0.3) is 0 Å². The lowest BCUT2D eigenvalue weighted by Crippen LogP contribution is -2.28. The van der Waals surface area contributed by atoms with E-state index >= 15 is 0 Å². The molecule has 0 unspecified atom stereocenters. The van der Waals surface area contributed by atoms with Crippen LogP contribution in [0.15, 0.2) is 61.4 Å². The lowest BCUT2D eigenvalue weighted by Gasteiger charge is -2.10. The summed E-state index contributed by atoms with van der Waals surface area (Å²) < 4.78 is 10.5.